The molecule has 0 radical (unpaired) electrons. The van der Waals surface area contributed by atoms with Gasteiger partial charge in [-0.15, -0.1) is 5.10 Å². The summed E-state index contributed by atoms with van der Waals surface area (Å²) in [5.41, 5.74) is 5.95. The number of nitrogens with zero attached hydrogens (tertiary/aromatic N) is 7. The lowest BCUT2D eigenvalue weighted by atomic mass is 9.95. The molecule has 8 nitrogen and oxygen atoms in total. The van der Waals surface area contributed by atoms with E-state index >= 15 is 0 Å². The highest BCUT2D eigenvalue weighted by Crippen LogP contribution is 2.30. The molecule has 2 fully saturated rings. The number of imidazole rings is 1. The molecule has 0 atom stereocenters. The average molecular weight is 532 g/mol. The van der Waals surface area contributed by atoms with Gasteiger partial charge in [-0.05, 0) is 45.7 Å². The van der Waals surface area contributed by atoms with Gasteiger partial charge in [0.05, 0.1) is 11.9 Å². The minimum absolute atomic E-state index is 0.125. The minimum atomic E-state index is 0.125. The van der Waals surface area contributed by atoms with Gasteiger partial charge in [0, 0.05) is 75.2 Å². The Morgan fingerprint density at radius 3 is 2.24 bits per heavy atom. The first-order valence-electron chi connectivity index (χ1n) is 13.8. The second-order valence-electron chi connectivity index (χ2n) is 10.8. The van der Waals surface area contributed by atoms with Crippen LogP contribution in [-0.4, -0.2) is 80.7 Å². The molecule has 0 unspecified atom stereocenters. The van der Waals surface area contributed by atoms with E-state index in [9.17, 15) is 4.79 Å². The number of amides is 1. The smallest absolute Gasteiger partial charge is 0.225 e. The van der Waals surface area contributed by atoms with Gasteiger partial charge in [0.1, 0.15) is 0 Å². The van der Waals surface area contributed by atoms with Crippen molar-refractivity contribution in [1.29, 1.82) is 0 Å². The van der Waals surface area contributed by atoms with Gasteiger partial charge in [-0.3, -0.25) is 9.69 Å². The van der Waals surface area contributed by atoms with Crippen LogP contribution in [0.2, 0.25) is 0 Å². The zero-order chi connectivity index (χ0) is 26.2. The molecular weight excluding hydrogens is 494 g/mol. The largest absolute Gasteiger partial charge is 0.348 e. The van der Waals surface area contributed by atoms with E-state index in [0.29, 0.717) is 5.91 Å². The summed E-state index contributed by atoms with van der Waals surface area (Å²) in [6, 6.07) is 12.8. The van der Waals surface area contributed by atoms with Crippen molar-refractivity contribution >= 4 is 27.3 Å². The quantitative estimate of drug-likeness (QED) is 0.372. The molecule has 2 saturated heterocycles. The van der Waals surface area contributed by atoms with Gasteiger partial charge in [0.25, 0.3) is 0 Å². The van der Waals surface area contributed by atoms with Crippen molar-refractivity contribution in [3.63, 3.8) is 0 Å². The molecule has 0 spiro atoms. The van der Waals surface area contributed by atoms with Crippen molar-refractivity contribution in [1.82, 2.24) is 29.0 Å². The summed E-state index contributed by atoms with van der Waals surface area (Å²) in [7, 11) is 0. The van der Waals surface area contributed by atoms with Crippen LogP contribution in [0.5, 0.6) is 0 Å². The number of hydrogen-bond acceptors (Lipinski definition) is 6. The Labute approximate surface area is 228 Å². The van der Waals surface area contributed by atoms with E-state index in [2.05, 4.69) is 76.4 Å². The number of fused-ring (bicyclic) bond motifs is 1. The van der Waals surface area contributed by atoms with Crippen LogP contribution in [0.25, 0.3) is 16.2 Å². The number of piperazine rings is 1. The Kier molecular flexibility index (Phi) is 6.97. The topological polar surface area (TPSA) is 61.9 Å². The standard InChI is InChI=1S/C29H37N7OS/c1-21-4-8-24(9-5-21)26-20-36-28(30-26)38-29(31-36)34-12-10-25(11-13-34)27(37)33-17-14-32(15-18-33)16-19-35-22(2)6-7-23(35)3/h4-9,20,25H,10-19H2,1-3H3. The van der Waals surface area contributed by atoms with Gasteiger partial charge >= 0.3 is 0 Å². The molecule has 0 bridgehead atoms. The van der Waals surface area contributed by atoms with Gasteiger partial charge in [-0.1, -0.05) is 41.2 Å². The van der Waals surface area contributed by atoms with Crippen LogP contribution in [0.15, 0.2) is 42.6 Å². The number of hydrogen-bond donors (Lipinski definition) is 0. The summed E-state index contributed by atoms with van der Waals surface area (Å²) in [5, 5.41) is 5.81. The monoisotopic (exact) mass is 531 g/mol. The van der Waals surface area contributed by atoms with E-state index in [4.69, 9.17) is 10.1 Å². The predicted molar refractivity (Wildman–Crippen MR) is 153 cm³/mol. The van der Waals surface area contributed by atoms with Gasteiger partial charge < -0.3 is 14.4 Å². The fraction of sp³-hybridized carbons (Fsp3) is 0.483. The van der Waals surface area contributed by atoms with Crippen molar-refractivity contribution in [2.75, 3.05) is 50.7 Å². The zero-order valence-corrected chi connectivity index (χ0v) is 23.5. The van der Waals surface area contributed by atoms with Crippen molar-refractivity contribution in [2.45, 2.75) is 40.2 Å². The molecular formula is C29H37N7OS. The molecule has 38 heavy (non-hydrogen) atoms. The van der Waals surface area contributed by atoms with Crippen LogP contribution in [0.1, 0.15) is 29.8 Å². The zero-order valence-electron chi connectivity index (χ0n) is 22.6. The number of aromatic nitrogens is 4. The molecule has 3 aromatic heterocycles. The Bertz CT molecular complexity index is 1350. The molecule has 1 aromatic carbocycles. The van der Waals surface area contributed by atoms with Crippen molar-refractivity contribution in [3.8, 4) is 11.3 Å². The summed E-state index contributed by atoms with van der Waals surface area (Å²) in [6.45, 7) is 13.8. The minimum Gasteiger partial charge on any atom is -0.348 e. The molecule has 200 valence electrons. The van der Waals surface area contributed by atoms with E-state index in [1.165, 1.54) is 17.0 Å². The first-order valence-corrected chi connectivity index (χ1v) is 14.6. The molecule has 1 amide bonds. The first kappa shape index (κ1) is 25.1. The highest BCUT2D eigenvalue weighted by Gasteiger charge is 2.31. The van der Waals surface area contributed by atoms with E-state index in [0.717, 1.165) is 86.5 Å². The summed E-state index contributed by atoms with van der Waals surface area (Å²) in [5.74, 6) is 0.471. The normalized spacial score (nSPS) is 17.6. The maximum Gasteiger partial charge on any atom is 0.225 e. The molecule has 0 N–H and O–H groups in total. The Hall–Kier alpha value is -3.17. The number of piperidine rings is 1. The summed E-state index contributed by atoms with van der Waals surface area (Å²) < 4.78 is 4.28. The average Bonchev–Trinajstić information content (AvgIpc) is 3.61. The lowest BCUT2D eigenvalue weighted by Crippen LogP contribution is -2.52. The summed E-state index contributed by atoms with van der Waals surface area (Å²) in [6.07, 6.45) is 3.79. The van der Waals surface area contributed by atoms with Crippen LogP contribution < -0.4 is 4.90 Å². The van der Waals surface area contributed by atoms with E-state index in [-0.39, 0.29) is 5.92 Å². The highest BCUT2D eigenvalue weighted by molar-refractivity contribution is 7.20. The number of rotatable bonds is 6. The van der Waals surface area contributed by atoms with Crippen LogP contribution >= 0.6 is 11.3 Å². The predicted octanol–water partition coefficient (Wildman–Crippen LogP) is 4.25. The molecule has 6 rings (SSSR count). The van der Waals surface area contributed by atoms with Gasteiger partial charge in [-0.25, -0.2) is 9.50 Å². The van der Waals surface area contributed by atoms with Crippen molar-refractivity contribution in [2.24, 2.45) is 5.92 Å². The molecule has 2 aliphatic rings. The van der Waals surface area contributed by atoms with Crippen LogP contribution in [0.4, 0.5) is 5.13 Å². The molecule has 9 heteroatoms. The number of aryl methyl sites for hydroxylation is 3. The van der Waals surface area contributed by atoms with Crippen LogP contribution in [0, 0.1) is 26.7 Å². The van der Waals surface area contributed by atoms with E-state index < -0.39 is 0 Å². The summed E-state index contributed by atoms with van der Waals surface area (Å²) >= 11 is 1.63. The molecule has 2 aliphatic heterocycles. The third kappa shape index (κ3) is 5.09. The SMILES string of the molecule is Cc1ccc(-c2cn3nc(N4CCC(C(=O)N5CCN(CCn6c(C)ccc6C)CC5)CC4)sc3n2)cc1. The van der Waals surface area contributed by atoms with Crippen LogP contribution in [-0.2, 0) is 11.3 Å². The lowest BCUT2D eigenvalue weighted by Gasteiger charge is -2.38. The van der Waals surface area contributed by atoms with Gasteiger partial charge in [0.2, 0.25) is 16.0 Å². The molecule has 5 heterocycles. The molecule has 0 saturated carbocycles. The highest BCUT2D eigenvalue weighted by atomic mass is 32.1. The number of carbonyl (C=O) groups excluding carboxylic acids is 1. The fourth-order valence-corrected chi connectivity index (χ4v) is 6.68. The van der Waals surface area contributed by atoms with Crippen LogP contribution in [0.3, 0.4) is 0 Å². The fourth-order valence-electron chi connectivity index (χ4n) is 5.74. The maximum absolute atomic E-state index is 13.3. The third-order valence-electron chi connectivity index (χ3n) is 8.24. The Morgan fingerprint density at radius 1 is 0.895 bits per heavy atom. The van der Waals surface area contributed by atoms with E-state index in [1.807, 2.05) is 10.7 Å². The van der Waals surface area contributed by atoms with Gasteiger partial charge in [-0.2, -0.15) is 0 Å². The van der Waals surface area contributed by atoms with Crippen molar-refractivity contribution < 1.29 is 4.79 Å². The number of anilines is 1. The number of carbonyl (C=O) groups is 1. The Morgan fingerprint density at radius 2 is 1.58 bits per heavy atom. The Balaban J connectivity index is 0.986. The third-order valence-corrected chi connectivity index (χ3v) is 9.22. The lowest BCUT2D eigenvalue weighted by molar-refractivity contribution is -0.138. The number of benzene rings is 1. The molecule has 4 aromatic rings. The second-order valence-corrected chi connectivity index (χ2v) is 11.7. The second kappa shape index (κ2) is 10.5. The van der Waals surface area contributed by atoms with E-state index in [1.54, 1.807) is 11.3 Å². The first-order chi connectivity index (χ1) is 18.4. The molecule has 0 aliphatic carbocycles. The summed E-state index contributed by atoms with van der Waals surface area (Å²) in [4.78, 5) is 25.9. The van der Waals surface area contributed by atoms with Gasteiger partial charge in [0.15, 0.2) is 0 Å². The maximum atomic E-state index is 13.3. The van der Waals surface area contributed by atoms with Crippen molar-refractivity contribution in [3.05, 3.63) is 59.5 Å².